The molecule has 0 amide bonds. The zero-order valence-corrected chi connectivity index (χ0v) is 12.8. The third-order valence-electron chi connectivity index (χ3n) is 3.03. The van der Waals surface area contributed by atoms with Gasteiger partial charge >= 0.3 is 0 Å². The summed E-state index contributed by atoms with van der Waals surface area (Å²) in [6.07, 6.45) is 8.62. The summed E-state index contributed by atoms with van der Waals surface area (Å²) in [5.74, 6) is -0.518. The summed E-state index contributed by atoms with van der Waals surface area (Å²) in [4.78, 5) is 0. The molecule has 3 nitrogen and oxygen atoms in total. The van der Waals surface area contributed by atoms with Gasteiger partial charge in [-0.25, -0.2) is 0 Å². The highest BCUT2D eigenvalue weighted by Crippen LogP contribution is 2.31. The molecule has 1 N–H and O–H groups in total. The predicted octanol–water partition coefficient (Wildman–Crippen LogP) is 3.58. The molecule has 19 heavy (non-hydrogen) atoms. The summed E-state index contributed by atoms with van der Waals surface area (Å²) in [6.45, 7) is 9.89. The molecule has 1 saturated heterocycles. The molecule has 1 rings (SSSR count). The Morgan fingerprint density at radius 2 is 2.00 bits per heavy atom. The van der Waals surface area contributed by atoms with E-state index in [0.29, 0.717) is 6.42 Å². The largest absolute Gasteiger partial charge is 0.393 e. The summed E-state index contributed by atoms with van der Waals surface area (Å²) in [6, 6.07) is 0. The normalized spacial score (nSPS) is 27.7. The molecule has 3 heteroatoms. The first-order valence-corrected chi connectivity index (χ1v) is 7.14. The van der Waals surface area contributed by atoms with Crippen molar-refractivity contribution in [1.82, 2.24) is 0 Å². The summed E-state index contributed by atoms with van der Waals surface area (Å²) in [7, 11) is 0. The van der Waals surface area contributed by atoms with E-state index in [-0.39, 0.29) is 18.3 Å². The monoisotopic (exact) mass is 268 g/mol. The maximum atomic E-state index is 9.27. The van der Waals surface area contributed by atoms with E-state index in [9.17, 15) is 5.11 Å². The molecule has 0 aliphatic carbocycles. The Labute approximate surface area is 117 Å². The highest BCUT2D eigenvalue weighted by atomic mass is 16.7. The Hall–Kier alpha value is -0.640. The van der Waals surface area contributed by atoms with Crippen LogP contribution in [0.4, 0.5) is 0 Å². The predicted molar refractivity (Wildman–Crippen MR) is 77.9 cm³/mol. The zero-order chi connectivity index (χ0) is 14.5. The molecule has 0 spiro atoms. The number of rotatable bonds is 6. The SMILES string of the molecule is CC(C)=CCC[C@@H]1OC(C)(C)O[C@@H]1/C=C/C[C@H](C)O. The molecule has 0 saturated carbocycles. The van der Waals surface area contributed by atoms with Crippen LogP contribution < -0.4 is 0 Å². The standard InChI is InChI=1S/C16H28O3/c1-12(2)8-6-10-14-15(11-7-9-13(3)17)19-16(4,5)18-14/h7-8,11,13-15,17H,6,9-10H2,1-5H3/b11-7+/t13-,14-,15+/m0/s1. The van der Waals surface area contributed by atoms with Gasteiger partial charge in [0.25, 0.3) is 0 Å². The lowest BCUT2D eigenvalue weighted by Crippen LogP contribution is -2.21. The Morgan fingerprint density at radius 3 is 2.58 bits per heavy atom. The fourth-order valence-electron chi connectivity index (χ4n) is 2.20. The van der Waals surface area contributed by atoms with Crippen molar-refractivity contribution < 1.29 is 14.6 Å². The fourth-order valence-corrected chi connectivity index (χ4v) is 2.20. The first-order chi connectivity index (χ1) is 8.80. The van der Waals surface area contributed by atoms with Crippen LogP contribution in [0.25, 0.3) is 0 Å². The van der Waals surface area contributed by atoms with Gasteiger partial charge < -0.3 is 14.6 Å². The van der Waals surface area contributed by atoms with Gasteiger partial charge in [-0.1, -0.05) is 23.8 Å². The maximum Gasteiger partial charge on any atom is 0.164 e. The van der Waals surface area contributed by atoms with Gasteiger partial charge in [-0.15, -0.1) is 0 Å². The molecule has 3 atom stereocenters. The van der Waals surface area contributed by atoms with Gasteiger partial charge in [0.2, 0.25) is 0 Å². The van der Waals surface area contributed by atoms with E-state index in [1.165, 1.54) is 5.57 Å². The molecule has 0 aromatic heterocycles. The topological polar surface area (TPSA) is 38.7 Å². The van der Waals surface area contributed by atoms with Crippen molar-refractivity contribution in [2.24, 2.45) is 0 Å². The van der Waals surface area contributed by atoms with Crippen molar-refractivity contribution in [3.63, 3.8) is 0 Å². The highest BCUT2D eigenvalue weighted by molar-refractivity contribution is 5.00. The molecule has 0 radical (unpaired) electrons. The molecule has 110 valence electrons. The zero-order valence-electron chi connectivity index (χ0n) is 12.8. The minimum atomic E-state index is -0.518. The Bertz CT molecular complexity index is 325. The smallest absolute Gasteiger partial charge is 0.164 e. The van der Waals surface area contributed by atoms with Gasteiger partial charge in [0, 0.05) is 0 Å². The highest BCUT2D eigenvalue weighted by Gasteiger charge is 2.39. The minimum Gasteiger partial charge on any atom is -0.393 e. The van der Waals surface area contributed by atoms with Crippen LogP contribution in [0.5, 0.6) is 0 Å². The van der Waals surface area contributed by atoms with Crippen molar-refractivity contribution >= 4 is 0 Å². The quantitative estimate of drug-likeness (QED) is 0.748. The minimum absolute atomic E-state index is 0.0145. The summed E-state index contributed by atoms with van der Waals surface area (Å²) < 4.78 is 11.8. The van der Waals surface area contributed by atoms with Gasteiger partial charge in [0.1, 0.15) is 6.10 Å². The fraction of sp³-hybridized carbons (Fsp3) is 0.750. The van der Waals surface area contributed by atoms with Crippen molar-refractivity contribution in [1.29, 1.82) is 0 Å². The first kappa shape index (κ1) is 16.4. The van der Waals surface area contributed by atoms with E-state index in [4.69, 9.17) is 9.47 Å². The van der Waals surface area contributed by atoms with E-state index >= 15 is 0 Å². The Balaban J connectivity index is 2.55. The van der Waals surface area contributed by atoms with Crippen LogP contribution >= 0.6 is 0 Å². The summed E-state index contributed by atoms with van der Waals surface area (Å²) in [5, 5.41) is 9.27. The van der Waals surface area contributed by atoms with Gasteiger partial charge in [-0.3, -0.25) is 0 Å². The molecule has 0 aromatic rings. The van der Waals surface area contributed by atoms with Gasteiger partial charge in [-0.2, -0.15) is 0 Å². The van der Waals surface area contributed by atoms with E-state index in [2.05, 4.69) is 19.9 Å². The number of aliphatic hydroxyl groups excluding tert-OH is 1. The Kier molecular flexibility index (Phi) is 6.24. The van der Waals surface area contributed by atoms with Crippen LogP contribution in [0.1, 0.15) is 53.9 Å². The van der Waals surface area contributed by atoms with Crippen molar-refractivity contribution in [3.8, 4) is 0 Å². The van der Waals surface area contributed by atoms with Crippen LogP contribution in [0.3, 0.4) is 0 Å². The summed E-state index contributed by atoms with van der Waals surface area (Å²) >= 11 is 0. The van der Waals surface area contributed by atoms with Gasteiger partial charge in [0.05, 0.1) is 12.2 Å². The number of hydrogen-bond donors (Lipinski definition) is 1. The van der Waals surface area contributed by atoms with Crippen molar-refractivity contribution in [2.45, 2.75) is 78.0 Å². The molecule has 1 aliphatic rings. The second kappa shape index (κ2) is 7.22. The Morgan fingerprint density at radius 1 is 1.32 bits per heavy atom. The van der Waals surface area contributed by atoms with Crippen LogP contribution in [-0.4, -0.2) is 29.2 Å². The van der Waals surface area contributed by atoms with E-state index in [0.717, 1.165) is 12.8 Å². The number of hydrogen-bond acceptors (Lipinski definition) is 3. The molecule has 1 heterocycles. The van der Waals surface area contributed by atoms with E-state index < -0.39 is 5.79 Å². The van der Waals surface area contributed by atoms with Crippen LogP contribution in [0.15, 0.2) is 23.8 Å². The molecule has 0 unspecified atom stereocenters. The molecule has 0 bridgehead atoms. The van der Waals surface area contributed by atoms with Gasteiger partial charge in [0.15, 0.2) is 5.79 Å². The van der Waals surface area contributed by atoms with E-state index in [1.807, 2.05) is 26.0 Å². The first-order valence-electron chi connectivity index (χ1n) is 7.14. The second-order valence-electron chi connectivity index (χ2n) is 6.01. The van der Waals surface area contributed by atoms with E-state index in [1.54, 1.807) is 6.92 Å². The lowest BCUT2D eigenvalue weighted by atomic mass is 10.1. The van der Waals surface area contributed by atoms with Gasteiger partial charge in [-0.05, 0) is 53.9 Å². The van der Waals surface area contributed by atoms with Crippen LogP contribution in [0.2, 0.25) is 0 Å². The number of allylic oxidation sites excluding steroid dienone is 2. The van der Waals surface area contributed by atoms with Crippen LogP contribution in [0, 0.1) is 0 Å². The number of ether oxygens (including phenoxy) is 2. The second-order valence-corrected chi connectivity index (χ2v) is 6.01. The molecular weight excluding hydrogens is 240 g/mol. The molecule has 1 fully saturated rings. The molecule has 0 aromatic carbocycles. The third kappa shape index (κ3) is 6.37. The van der Waals surface area contributed by atoms with Crippen molar-refractivity contribution in [2.75, 3.05) is 0 Å². The lowest BCUT2D eigenvalue weighted by Gasteiger charge is -2.16. The average Bonchev–Trinajstić information content (AvgIpc) is 2.52. The summed E-state index contributed by atoms with van der Waals surface area (Å²) in [5.41, 5.74) is 1.33. The van der Waals surface area contributed by atoms with Crippen molar-refractivity contribution in [3.05, 3.63) is 23.8 Å². The van der Waals surface area contributed by atoms with Crippen LogP contribution in [-0.2, 0) is 9.47 Å². The molecule has 1 aliphatic heterocycles. The lowest BCUT2D eigenvalue weighted by molar-refractivity contribution is -0.143. The third-order valence-corrected chi connectivity index (χ3v) is 3.03. The maximum absolute atomic E-state index is 9.27. The molecular formula is C16H28O3. The number of aliphatic hydroxyl groups is 1. The average molecular weight is 268 g/mol.